The summed E-state index contributed by atoms with van der Waals surface area (Å²) in [6.07, 6.45) is 4.11. The summed E-state index contributed by atoms with van der Waals surface area (Å²) in [5, 5.41) is 4.63. The minimum absolute atomic E-state index is 0.719. The maximum Gasteiger partial charge on any atom is 0.184 e. The SMILES string of the molecule is CCCc1nn(C)c2c1[nH]c(=S)n2-c1ccccc1SC. The molecule has 0 fully saturated rings. The van der Waals surface area contributed by atoms with Crippen molar-refractivity contribution in [3.63, 3.8) is 0 Å². The summed E-state index contributed by atoms with van der Waals surface area (Å²) in [5.74, 6) is 0. The summed E-state index contributed by atoms with van der Waals surface area (Å²) in [6.45, 7) is 2.16. The predicted octanol–water partition coefficient (Wildman–Crippen LogP) is 4.10. The molecule has 3 rings (SSSR count). The van der Waals surface area contributed by atoms with E-state index in [1.165, 1.54) is 4.90 Å². The third-order valence-corrected chi connectivity index (χ3v) is 4.62. The van der Waals surface area contributed by atoms with Gasteiger partial charge in [0.1, 0.15) is 5.52 Å². The summed E-state index contributed by atoms with van der Waals surface area (Å²) in [7, 11) is 1.97. The number of nitrogens with zero attached hydrogens (tertiary/aromatic N) is 3. The minimum atomic E-state index is 0.719. The van der Waals surface area contributed by atoms with E-state index in [1.54, 1.807) is 11.8 Å². The molecule has 3 aromatic rings. The second kappa shape index (κ2) is 5.69. The Morgan fingerprint density at radius 2 is 2.10 bits per heavy atom. The molecule has 6 heteroatoms. The molecule has 110 valence electrons. The standard InChI is InChI=1S/C15H18N4S2/c1-4-7-10-13-14(18(2)17-10)19(15(20)16-13)11-8-5-6-9-12(11)21-3/h5-6,8-9H,4,7H2,1-3H3,(H,16,20). The van der Waals surface area contributed by atoms with Gasteiger partial charge in [-0.05, 0) is 37.0 Å². The van der Waals surface area contributed by atoms with Crippen molar-refractivity contribution in [1.82, 2.24) is 19.3 Å². The van der Waals surface area contributed by atoms with E-state index >= 15 is 0 Å². The van der Waals surface area contributed by atoms with Crippen molar-refractivity contribution >= 4 is 35.1 Å². The molecule has 2 heterocycles. The van der Waals surface area contributed by atoms with Crippen LogP contribution >= 0.6 is 24.0 Å². The summed E-state index contributed by atoms with van der Waals surface area (Å²) >= 11 is 7.28. The van der Waals surface area contributed by atoms with E-state index in [1.807, 2.05) is 17.8 Å². The highest BCUT2D eigenvalue weighted by atomic mass is 32.2. The number of para-hydroxylation sites is 1. The molecule has 0 spiro atoms. The molecule has 0 saturated heterocycles. The Morgan fingerprint density at radius 3 is 2.81 bits per heavy atom. The zero-order valence-electron chi connectivity index (χ0n) is 12.4. The number of aryl methyl sites for hydroxylation is 2. The Labute approximate surface area is 133 Å². The Morgan fingerprint density at radius 1 is 1.33 bits per heavy atom. The van der Waals surface area contributed by atoms with Crippen LogP contribution in [0.25, 0.3) is 16.9 Å². The number of benzene rings is 1. The first kappa shape index (κ1) is 14.4. The number of aromatic amines is 1. The van der Waals surface area contributed by atoms with Crippen molar-refractivity contribution in [2.24, 2.45) is 7.05 Å². The summed E-state index contributed by atoms with van der Waals surface area (Å²) in [4.78, 5) is 4.54. The van der Waals surface area contributed by atoms with Crippen LogP contribution in [-0.4, -0.2) is 25.6 Å². The molecule has 0 bridgehead atoms. The monoisotopic (exact) mass is 318 g/mol. The van der Waals surface area contributed by atoms with E-state index in [0.29, 0.717) is 0 Å². The fraction of sp³-hybridized carbons (Fsp3) is 0.333. The molecule has 0 aliphatic rings. The number of aromatic nitrogens is 4. The van der Waals surface area contributed by atoms with Crippen LogP contribution in [0.2, 0.25) is 0 Å². The molecule has 21 heavy (non-hydrogen) atoms. The van der Waals surface area contributed by atoms with Gasteiger partial charge in [0.15, 0.2) is 10.4 Å². The van der Waals surface area contributed by atoms with E-state index < -0.39 is 0 Å². The van der Waals surface area contributed by atoms with E-state index in [2.05, 4.69) is 46.0 Å². The molecule has 0 atom stereocenters. The highest BCUT2D eigenvalue weighted by molar-refractivity contribution is 7.98. The van der Waals surface area contributed by atoms with Crippen LogP contribution in [0.1, 0.15) is 19.0 Å². The van der Waals surface area contributed by atoms with Gasteiger partial charge >= 0.3 is 0 Å². The number of nitrogens with one attached hydrogen (secondary N) is 1. The molecular formula is C15H18N4S2. The first-order chi connectivity index (χ1) is 10.2. The number of hydrogen-bond acceptors (Lipinski definition) is 3. The van der Waals surface area contributed by atoms with Gasteiger partial charge in [0, 0.05) is 11.9 Å². The van der Waals surface area contributed by atoms with Crippen molar-refractivity contribution in [3.8, 4) is 5.69 Å². The van der Waals surface area contributed by atoms with Crippen molar-refractivity contribution in [2.45, 2.75) is 24.7 Å². The van der Waals surface area contributed by atoms with E-state index in [9.17, 15) is 0 Å². The van der Waals surface area contributed by atoms with Crippen LogP contribution in [-0.2, 0) is 13.5 Å². The molecule has 4 nitrogen and oxygen atoms in total. The number of hydrogen-bond donors (Lipinski definition) is 1. The number of imidazole rings is 1. The van der Waals surface area contributed by atoms with Gasteiger partial charge in [0.25, 0.3) is 0 Å². The fourth-order valence-electron chi connectivity index (χ4n) is 2.66. The summed E-state index contributed by atoms with van der Waals surface area (Å²) in [6, 6.07) is 8.30. The van der Waals surface area contributed by atoms with Crippen LogP contribution in [0.3, 0.4) is 0 Å². The first-order valence-corrected chi connectivity index (χ1v) is 8.60. The quantitative estimate of drug-likeness (QED) is 0.581. The number of fused-ring (bicyclic) bond motifs is 1. The second-order valence-corrected chi connectivity index (χ2v) is 6.19. The van der Waals surface area contributed by atoms with Crippen molar-refractivity contribution in [2.75, 3.05) is 6.26 Å². The maximum absolute atomic E-state index is 5.56. The van der Waals surface area contributed by atoms with Crippen LogP contribution in [0.5, 0.6) is 0 Å². The topological polar surface area (TPSA) is 38.5 Å². The Balaban J connectivity index is 2.33. The summed E-state index contributed by atoms with van der Waals surface area (Å²) in [5.41, 5.74) is 4.28. The Bertz CT molecular complexity index is 841. The van der Waals surface area contributed by atoms with Crippen molar-refractivity contribution < 1.29 is 0 Å². The zero-order valence-corrected chi connectivity index (χ0v) is 14.0. The molecule has 0 aliphatic carbocycles. The smallest absolute Gasteiger partial charge is 0.184 e. The van der Waals surface area contributed by atoms with Gasteiger partial charge in [-0.15, -0.1) is 11.8 Å². The molecule has 1 aromatic carbocycles. The van der Waals surface area contributed by atoms with Crippen molar-refractivity contribution in [3.05, 3.63) is 34.7 Å². The molecule has 0 aliphatic heterocycles. The average Bonchev–Trinajstić information content (AvgIpc) is 2.97. The van der Waals surface area contributed by atoms with Crippen molar-refractivity contribution in [1.29, 1.82) is 0 Å². The van der Waals surface area contributed by atoms with Gasteiger partial charge < -0.3 is 4.98 Å². The third kappa shape index (κ3) is 2.32. The van der Waals surface area contributed by atoms with Crippen LogP contribution < -0.4 is 0 Å². The Kier molecular flexibility index (Phi) is 3.91. The van der Waals surface area contributed by atoms with E-state index in [-0.39, 0.29) is 0 Å². The summed E-state index contributed by atoms with van der Waals surface area (Å²) < 4.78 is 4.73. The largest absolute Gasteiger partial charge is 0.327 e. The average molecular weight is 318 g/mol. The number of H-pyrrole nitrogens is 1. The van der Waals surface area contributed by atoms with Crippen LogP contribution in [0.15, 0.2) is 29.2 Å². The van der Waals surface area contributed by atoms with Gasteiger partial charge in [-0.25, -0.2) is 4.68 Å². The van der Waals surface area contributed by atoms with E-state index in [4.69, 9.17) is 12.2 Å². The molecule has 2 aromatic heterocycles. The van der Waals surface area contributed by atoms with Gasteiger partial charge in [-0.2, -0.15) is 5.10 Å². The second-order valence-electron chi connectivity index (χ2n) is 4.96. The lowest BCUT2D eigenvalue weighted by molar-refractivity contribution is 0.734. The van der Waals surface area contributed by atoms with Crippen LogP contribution in [0, 0.1) is 4.77 Å². The third-order valence-electron chi connectivity index (χ3n) is 3.55. The maximum atomic E-state index is 5.56. The van der Waals surface area contributed by atoms with Gasteiger partial charge in [-0.3, -0.25) is 4.57 Å². The molecule has 0 saturated carbocycles. The molecule has 0 unspecified atom stereocenters. The lowest BCUT2D eigenvalue weighted by atomic mass is 10.2. The van der Waals surface area contributed by atoms with Gasteiger partial charge in [0.05, 0.1) is 11.4 Å². The van der Waals surface area contributed by atoms with Gasteiger partial charge in [-0.1, -0.05) is 25.5 Å². The minimum Gasteiger partial charge on any atom is -0.327 e. The van der Waals surface area contributed by atoms with E-state index in [0.717, 1.165) is 40.2 Å². The highest BCUT2D eigenvalue weighted by Gasteiger charge is 2.17. The number of thioether (sulfide) groups is 1. The highest BCUT2D eigenvalue weighted by Crippen LogP contribution is 2.28. The molecule has 0 amide bonds. The van der Waals surface area contributed by atoms with Gasteiger partial charge in [0.2, 0.25) is 0 Å². The predicted molar refractivity (Wildman–Crippen MR) is 91.0 cm³/mol. The lowest BCUT2D eigenvalue weighted by Crippen LogP contribution is -2.02. The molecule has 1 N–H and O–H groups in total. The lowest BCUT2D eigenvalue weighted by Gasteiger charge is -2.09. The normalized spacial score (nSPS) is 11.4. The first-order valence-electron chi connectivity index (χ1n) is 6.97. The zero-order chi connectivity index (χ0) is 15.0. The van der Waals surface area contributed by atoms with Crippen LogP contribution in [0.4, 0.5) is 0 Å². The molecular weight excluding hydrogens is 300 g/mol. The fourth-order valence-corrected chi connectivity index (χ4v) is 3.53. The Hall–Kier alpha value is -1.53. The molecule has 0 radical (unpaired) electrons. The number of rotatable bonds is 4.